The third kappa shape index (κ3) is 3.13. The molecule has 0 heterocycles. The maximum atomic E-state index is 11.9. The summed E-state index contributed by atoms with van der Waals surface area (Å²) in [6, 6.07) is -0.625. The highest BCUT2D eigenvalue weighted by atomic mass is 32.2. The largest absolute Gasteiger partial charge is 0.481 e. The molecule has 6 unspecified atom stereocenters. The average Bonchev–Trinajstić information content (AvgIpc) is 2.96. The van der Waals surface area contributed by atoms with Crippen molar-refractivity contribution in [1.29, 1.82) is 0 Å². The van der Waals surface area contributed by atoms with Crippen molar-refractivity contribution >= 4 is 22.8 Å². The quantitative estimate of drug-likeness (QED) is 0.691. The molecule has 0 spiro atoms. The number of hydrogen-bond donors (Lipinski definition) is 3. The normalized spacial score (nSPS) is 34.5. The molecule has 2 saturated carbocycles. The SMILES string of the molecule is CC(CNC(=O)NC1C2CCC(C2)C1C(=O)O)S(C)=O. The first-order valence-corrected chi connectivity index (χ1v) is 8.61. The molecule has 0 aromatic rings. The van der Waals surface area contributed by atoms with Crippen LogP contribution in [0.5, 0.6) is 0 Å². The standard InChI is InChI=1S/C13H22N2O4S/c1-7(20(2)19)6-14-13(18)15-11-9-4-3-8(5-9)10(11)12(16)17/h7-11H,3-6H2,1-2H3,(H,16,17)(H2,14,15,18). The van der Waals surface area contributed by atoms with Gasteiger partial charge in [0.2, 0.25) is 0 Å². The van der Waals surface area contributed by atoms with Gasteiger partial charge in [-0.25, -0.2) is 4.79 Å². The van der Waals surface area contributed by atoms with Crippen LogP contribution in [0.15, 0.2) is 0 Å². The Bertz CT molecular complexity index is 429. The van der Waals surface area contributed by atoms with E-state index in [1.165, 1.54) is 0 Å². The van der Waals surface area contributed by atoms with Gasteiger partial charge in [0.1, 0.15) is 0 Å². The van der Waals surface area contributed by atoms with Crippen molar-refractivity contribution in [2.75, 3.05) is 12.8 Å². The fraction of sp³-hybridized carbons (Fsp3) is 0.846. The predicted octanol–water partition coefficient (Wildman–Crippen LogP) is 0.552. The Balaban J connectivity index is 1.87. The number of aliphatic carboxylic acids is 1. The number of nitrogens with one attached hydrogen (secondary N) is 2. The summed E-state index contributed by atoms with van der Waals surface area (Å²) in [5.41, 5.74) is 0. The fourth-order valence-corrected chi connectivity index (χ4v) is 3.73. The monoisotopic (exact) mass is 302 g/mol. The molecule has 2 bridgehead atoms. The zero-order chi connectivity index (χ0) is 14.9. The lowest BCUT2D eigenvalue weighted by Gasteiger charge is -2.29. The number of carboxylic acids is 1. The molecule has 0 aromatic heterocycles. The predicted molar refractivity (Wildman–Crippen MR) is 75.8 cm³/mol. The summed E-state index contributed by atoms with van der Waals surface area (Å²) in [6.45, 7) is 2.13. The topological polar surface area (TPSA) is 95.5 Å². The third-order valence-corrected chi connectivity index (χ3v) is 5.92. The van der Waals surface area contributed by atoms with Gasteiger partial charge in [0.05, 0.1) is 5.92 Å². The Labute approximate surface area is 121 Å². The van der Waals surface area contributed by atoms with Crippen molar-refractivity contribution in [3.8, 4) is 0 Å². The van der Waals surface area contributed by atoms with Gasteiger partial charge in [-0.3, -0.25) is 9.00 Å². The van der Waals surface area contributed by atoms with Crippen molar-refractivity contribution in [3.05, 3.63) is 0 Å². The fourth-order valence-electron chi connectivity index (χ4n) is 3.41. The number of carbonyl (C=O) groups excluding carboxylic acids is 1. The minimum Gasteiger partial charge on any atom is -0.481 e. The highest BCUT2D eigenvalue weighted by molar-refractivity contribution is 7.84. The van der Waals surface area contributed by atoms with Crippen molar-refractivity contribution in [1.82, 2.24) is 10.6 Å². The Kier molecular flexibility index (Phi) is 4.67. The Hall–Kier alpha value is -1.11. The summed E-state index contributed by atoms with van der Waals surface area (Å²) < 4.78 is 11.2. The van der Waals surface area contributed by atoms with Crippen LogP contribution in [-0.4, -0.2) is 45.4 Å². The van der Waals surface area contributed by atoms with Crippen LogP contribution in [0.4, 0.5) is 4.79 Å². The maximum Gasteiger partial charge on any atom is 0.315 e. The second kappa shape index (κ2) is 6.11. The highest BCUT2D eigenvalue weighted by Crippen LogP contribution is 2.48. The van der Waals surface area contributed by atoms with Gasteiger partial charge in [-0.2, -0.15) is 0 Å². The molecule has 0 aliphatic heterocycles. The molecule has 6 nitrogen and oxygen atoms in total. The van der Waals surface area contributed by atoms with Gasteiger partial charge < -0.3 is 15.7 Å². The van der Waals surface area contributed by atoms with E-state index in [-0.39, 0.29) is 29.2 Å². The Morgan fingerprint density at radius 1 is 1.35 bits per heavy atom. The van der Waals surface area contributed by atoms with Gasteiger partial charge in [-0.15, -0.1) is 0 Å². The zero-order valence-corrected chi connectivity index (χ0v) is 12.6. The van der Waals surface area contributed by atoms with Crippen molar-refractivity contribution < 1.29 is 18.9 Å². The van der Waals surface area contributed by atoms with E-state index in [9.17, 15) is 18.9 Å². The molecular weight excluding hydrogens is 280 g/mol. The smallest absolute Gasteiger partial charge is 0.315 e. The van der Waals surface area contributed by atoms with E-state index in [1.54, 1.807) is 13.2 Å². The van der Waals surface area contributed by atoms with E-state index in [0.717, 1.165) is 19.3 Å². The summed E-state index contributed by atoms with van der Waals surface area (Å²) >= 11 is 0. The van der Waals surface area contributed by atoms with E-state index in [2.05, 4.69) is 10.6 Å². The molecule has 0 radical (unpaired) electrons. The molecule has 2 aliphatic carbocycles. The second-order valence-corrected chi connectivity index (χ2v) is 7.69. The second-order valence-electron chi connectivity index (χ2n) is 5.89. The third-order valence-electron chi connectivity index (χ3n) is 4.62. The lowest BCUT2D eigenvalue weighted by Crippen LogP contribution is -2.51. The molecule has 2 rings (SSSR count). The van der Waals surface area contributed by atoms with Crippen LogP contribution in [0.3, 0.4) is 0 Å². The minimum absolute atomic E-state index is 0.115. The molecule has 7 heteroatoms. The molecule has 20 heavy (non-hydrogen) atoms. The van der Waals surface area contributed by atoms with E-state index in [0.29, 0.717) is 6.54 Å². The summed E-state index contributed by atoms with van der Waals surface area (Å²) in [5, 5.41) is 14.7. The number of amides is 2. The summed E-state index contributed by atoms with van der Waals surface area (Å²) in [7, 11) is -0.983. The van der Waals surface area contributed by atoms with Crippen LogP contribution < -0.4 is 10.6 Å². The van der Waals surface area contributed by atoms with Crippen molar-refractivity contribution in [2.45, 2.75) is 37.5 Å². The van der Waals surface area contributed by atoms with E-state index in [4.69, 9.17) is 0 Å². The average molecular weight is 302 g/mol. The first-order valence-electron chi connectivity index (χ1n) is 6.99. The first kappa shape index (κ1) is 15.3. The Morgan fingerprint density at radius 3 is 2.60 bits per heavy atom. The molecule has 0 saturated heterocycles. The number of fused-ring (bicyclic) bond motifs is 2. The van der Waals surface area contributed by atoms with E-state index >= 15 is 0 Å². The molecule has 6 atom stereocenters. The van der Waals surface area contributed by atoms with Crippen molar-refractivity contribution in [2.24, 2.45) is 17.8 Å². The lowest BCUT2D eigenvalue weighted by molar-refractivity contribution is -0.144. The number of carbonyl (C=O) groups is 2. The summed E-state index contributed by atoms with van der Waals surface area (Å²) in [4.78, 5) is 23.2. The van der Waals surface area contributed by atoms with E-state index < -0.39 is 22.7 Å². The Morgan fingerprint density at radius 2 is 2.00 bits per heavy atom. The van der Waals surface area contributed by atoms with Gasteiger partial charge >= 0.3 is 12.0 Å². The highest BCUT2D eigenvalue weighted by Gasteiger charge is 2.51. The molecule has 2 fully saturated rings. The van der Waals surface area contributed by atoms with Gasteiger partial charge in [0.15, 0.2) is 0 Å². The first-order chi connectivity index (χ1) is 9.40. The molecule has 0 aromatic carbocycles. The van der Waals surface area contributed by atoms with E-state index in [1.807, 2.05) is 0 Å². The van der Waals surface area contributed by atoms with Crippen LogP contribution in [0.25, 0.3) is 0 Å². The van der Waals surface area contributed by atoms with Crippen molar-refractivity contribution in [3.63, 3.8) is 0 Å². The summed E-state index contributed by atoms with van der Waals surface area (Å²) in [5.74, 6) is -0.794. The van der Waals surface area contributed by atoms with Gasteiger partial charge in [0, 0.05) is 34.9 Å². The molecule has 3 N–H and O–H groups in total. The van der Waals surface area contributed by atoms with Gasteiger partial charge in [-0.05, 0) is 38.0 Å². The molecular formula is C13H22N2O4S. The van der Waals surface area contributed by atoms with Crippen LogP contribution in [0.2, 0.25) is 0 Å². The molecule has 114 valence electrons. The number of rotatable bonds is 5. The molecule has 2 amide bonds. The number of urea groups is 1. The van der Waals surface area contributed by atoms with Crippen LogP contribution in [-0.2, 0) is 15.6 Å². The minimum atomic E-state index is -0.983. The van der Waals surface area contributed by atoms with Crippen LogP contribution >= 0.6 is 0 Å². The van der Waals surface area contributed by atoms with Crippen LogP contribution in [0, 0.1) is 17.8 Å². The molecule has 2 aliphatic rings. The zero-order valence-electron chi connectivity index (χ0n) is 11.8. The van der Waals surface area contributed by atoms with Crippen LogP contribution in [0.1, 0.15) is 26.2 Å². The van der Waals surface area contributed by atoms with Gasteiger partial charge in [-0.1, -0.05) is 0 Å². The number of carboxylic acid groups (broad SMARTS) is 1. The maximum absolute atomic E-state index is 11.9. The lowest BCUT2D eigenvalue weighted by atomic mass is 9.84. The van der Waals surface area contributed by atoms with Gasteiger partial charge in [0.25, 0.3) is 0 Å². The summed E-state index contributed by atoms with van der Waals surface area (Å²) in [6.07, 6.45) is 4.44. The number of hydrogen-bond acceptors (Lipinski definition) is 3.